The fraction of sp³-hybridized carbons (Fsp3) is 0.417. The zero-order valence-electron chi connectivity index (χ0n) is 9.39. The molecule has 16 heavy (non-hydrogen) atoms. The van der Waals surface area contributed by atoms with E-state index in [9.17, 15) is 4.79 Å². The van der Waals surface area contributed by atoms with Crippen LogP contribution in [0.2, 0.25) is 0 Å². The molecule has 0 aromatic heterocycles. The molecule has 1 unspecified atom stereocenters. The lowest BCUT2D eigenvalue weighted by Gasteiger charge is -2.13. The first kappa shape index (κ1) is 12.7. The van der Waals surface area contributed by atoms with Crippen LogP contribution in [0.5, 0.6) is 0 Å². The van der Waals surface area contributed by atoms with Gasteiger partial charge in [0, 0.05) is 6.54 Å². The maximum atomic E-state index is 11.5. The third-order valence-corrected chi connectivity index (χ3v) is 2.21. The number of hydrogen-bond acceptors (Lipinski definition) is 3. The highest BCUT2D eigenvalue weighted by molar-refractivity contribution is 5.81. The minimum Gasteiger partial charge on any atom is -0.392 e. The van der Waals surface area contributed by atoms with Crippen LogP contribution < -0.4 is 11.1 Å². The number of amides is 1. The first-order valence-corrected chi connectivity index (χ1v) is 5.35. The van der Waals surface area contributed by atoms with E-state index in [0.29, 0.717) is 6.42 Å². The fourth-order valence-corrected chi connectivity index (χ4v) is 1.34. The fourth-order valence-electron chi connectivity index (χ4n) is 1.34. The molecule has 4 nitrogen and oxygen atoms in total. The number of aliphatic hydroxyl groups excluding tert-OH is 1. The maximum absolute atomic E-state index is 11.5. The smallest absolute Gasteiger partial charge is 0.237 e. The van der Waals surface area contributed by atoms with E-state index in [1.165, 1.54) is 0 Å². The van der Waals surface area contributed by atoms with Crippen LogP contribution in [0.15, 0.2) is 30.3 Å². The Labute approximate surface area is 95.5 Å². The van der Waals surface area contributed by atoms with Crippen molar-refractivity contribution >= 4 is 5.91 Å². The largest absolute Gasteiger partial charge is 0.392 e. The minimum absolute atomic E-state index is 0.232. The van der Waals surface area contributed by atoms with Gasteiger partial charge in [0.2, 0.25) is 5.91 Å². The Balaban J connectivity index is 2.40. The van der Waals surface area contributed by atoms with Crippen molar-refractivity contribution in [2.45, 2.75) is 25.5 Å². The molecule has 0 fully saturated rings. The molecular weight excluding hydrogens is 204 g/mol. The molecule has 0 radical (unpaired) electrons. The molecule has 88 valence electrons. The molecule has 1 aromatic rings. The lowest BCUT2D eigenvalue weighted by molar-refractivity contribution is -0.122. The van der Waals surface area contributed by atoms with Crippen LogP contribution in [-0.4, -0.2) is 29.7 Å². The topological polar surface area (TPSA) is 75.3 Å². The highest BCUT2D eigenvalue weighted by Gasteiger charge is 2.13. The summed E-state index contributed by atoms with van der Waals surface area (Å²) in [6.07, 6.45) is -0.0418. The van der Waals surface area contributed by atoms with Crippen molar-refractivity contribution in [3.05, 3.63) is 35.9 Å². The first-order valence-electron chi connectivity index (χ1n) is 5.35. The van der Waals surface area contributed by atoms with Crippen LogP contribution in [0.3, 0.4) is 0 Å². The van der Waals surface area contributed by atoms with Gasteiger partial charge in [-0.2, -0.15) is 0 Å². The Morgan fingerprint density at radius 2 is 2.06 bits per heavy atom. The van der Waals surface area contributed by atoms with Gasteiger partial charge in [-0.1, -0.05) is 30.3 Å². The SMILES string of the molecule is CC(O)CNC(=O)[C@@H](N)Cc1ccccc1. The molecule has 0 aliphatic carbocycles. The third kappa shape index (κ3) is 4.42. The molecule has 1 amide bonds. The average Bonchev–Trinajstić information content (AvgIpc) is 2.27. The van der Waals surface area contributed by atoms with Crippen molar-refractivity contribution in [1.82, 2.24) is 5.32 Å². The lowest BCUT2D eigenvalue weighted by atomic mass is 10.1. The normalized spacial score (nSPS) is 14.2. The molecular formula is C12H18N2O2. The molecule has 0 heterocycles. The Hall–Kier alpha value is -1.39. The monoisotopic (exact) mass is 222 g/mol. The predicted octanol–water partition coefficient (Wildman–Crippen LogP) is 0.0534. The number of hydrogen-bond donors (Lipinski definition) is 3. The maximum Gasteiger partial charge on any atom is 0.237 e. The quantitative estimate of drug-likeness (QED) is 0.659. The first-order chi connectivity index (χ1) is 7.59. The third-order valence-electron chi connectivity index (χ3n) is 2.21. The van der Waals surface area contributed by atoms with Crippen molar-refractivity contribution in [2.24, 2.45) is 5.73 Å². The van der Waals surface area contributed by atoms with Crippen LogP contribution in [-0.2, 0) is 11.2 Å². The van der Waals surface area contributed by atoms with Crippen LogP contribution in [0.4, 0.5) is 0 Å². The molecule has 2 atom stereocenters. The number of aliphatic hydroxyl groups is 1. The zero-order chi connectivity index (χ0) is 12.0. The van der Waals surface area contributed by atoms with Gasteiger partial charge >= 0.3 is 0 Å². The second kappa shape index (κ2) is 6.25. The average molecular weight is 222 g/mol. The van der Waals surface area contributed by atoms with Crippen LogP contribution in [0.25, 0.3) is 0 Å². The molecule has 4 N–H and O–H groups in total. The van der Waals surface area contributed by atoms with Gasteiger partial charge in [-0.05, 0) is 18.9 Å². The van der Waals surface area contributed by atoms with Gasteiger partial charge in [-0.3, -0.25) is 4.79 Å². The van der Waals surface area contributed by atoms with Gasteiger partial charge in [0.15, 0.2) is 0 Å². The molecule has 0 saturated carbocycles. The number of benzene rings is 1. The van der Waals surface area contributed by atoms with Crippen molar-refractivity contribution in [3.8, 4) is 0 Å². The minimum atomic E-state index is -0.568. The van der Waals surface area contributed by atoms with Gasteiger partial charge in [0.25, 0.3) is 0 Å². The molecule has 0 spiro atoms. The summed E-state index contributed by atoms with van der Waals surface area (Å²) in [5.74, 6) is -0.232. The molecule has 0 aliphatic heterocycles. The van der Waals surface area contributed by atoms with E-state index < -0.39 is 12.1 Å². The number of nitrogens with one attached hydrogen (secondary N) is 1. The van der Waals surface area contributed by atoms with Gasteiger partial charge in [-0.25, -0.2) is 0 Å². The highest BCUT2D eigenvalue weighted by atomic mass is 16.3. The van der Waals surface area contributed by atoms with Gasteiger partial charge in [0.1, 0.15) is 0 Å². The van der Waals surface area contributed by atoms with Gasteiger partial charge < -0.3 is 16.2 Å². The van der Waals surface area contributed by atoms with Crippen LogP contribution in [0, 0.1) is 0 Å². The van der Waals surface area contributed by atoms with Crippen molar-refractivity contribution in [2.75, 3.05) is 6.54 Å². The Morgan fingerprint density at radius 3 is 2.62 bits per heavy atom. The zero-order valence-corrected chi connectivity index (χ0v) is 9.39. The molecule has 0 saturated heterocycles. The van der Waals surface area contributed by atoms with Crippen molar-refractivity contribution in [1.29, 1.82) is 0 Å². The van der Waals surface area contributed by atoms with Crippen LogP contribution in [0.1, 0.15) is 12.5 Å². The summed E-state index contributed by atoms with van der Waals surface area (Å²) in [5.41, 5.74) is 6.77. The summed E-state index contributed by atoms with van der Waals surface area (Å²) in [6.45, 7) is 1.85. The Bertz CT molecular complexity index is 325. The number of nitrogens with two attached hydrogens (primary N) is 1. The summed E-state index contributed by atoms with van der Waals surface area (Å²) in [6, 6.07) is 9.04. The standard InChI is InChI=1S/C12H18N2O2/c1-9(15)8-14-12(16)11(13)7-10-5-3-2-4-6-10/h2-6,9,11,15H,7-8,13H2,1H3,(H,14,16)/t9?,11-/m0/s1. The van der Waals surface area contributed by atoms with E-state index in [1.54, 1.807) is 6.92 Å². The molecule has 4 heteroatoms. The number of carbonyl (C=O) groups is 1. The van der Waals surface area contributed by atoms with Crippen molar-refractivity contribution < 1.29 is 9.90 Å². The molecule has 1 rings (SSSR count). The van der Waals surface area contributed by atoms with Crippen LogP contribution >= 0.6 is 0 Å². The second-order valence-electron chi connectivity index (χ2n) is 3.89. The van der Waals surface area contributed by atoms with Gasteiger partial charge in [-0.15, -0.1) is 0 Å². The number of carbonyl (C=O) groups excluding carboxylic acids is 1. The van der Waals surface area contributed by atoms with E-state index >= 15 is 0 Å². The summed E-state index contributed by atoms with van der Waals surface area (Å²) < 4.78 is 0. The number of rotatable bonds is 5. The van der Waals surface area contributed by atoms with E-state index in [4.69, 9.17) is 10.8 Å². The second-order valence-corrected chi connectivity index (χ2v) is 3.89. The van der Waals surface area contributed by atoms with E-state index in [-0.39, 0.29) is 12.5 Å². The summed E-state index contributed by atoms with van der Waals surface area (Å²) in [5, 5.41) is 11.6. The summed E-state index contributed by atoms with van der Waals surface area (Å²) >= 11 is 0. The lowest BCUT2D eigenvalue weighted by Crippen LogP contribution is -2.44. The summed E-state index contributed by atoms with van der Waals surface area (Å²) in [4.78, 5) is 11.5. The molecule has 0 aliphatic rings. The molecule has 1 aromatic carbocycles. The highest BCUT2D eigenvalue weighted by Crippen LogP contribution is 2.01. The predicted molar refractivity (Wildman–Crippen MR) is 62.8 cm³/mol. The Morgan fingerprint density at radius 1 is 1.44 bits per heavy atom. The van der Waals surface area contributed by atoms with Gasteiger partial charge in [0.05, 0.1) is 12.1 Å². The Kier molecular flexibility index (Phi) is 4.95. The van der Waals surface area contributed by atoms with E-state index in [2.05, 4.69) is 5.32 Å². The van der Waals surface area contributed by atoms with Crippen molar-refractivity contribution in [3.63, 3.8) is 0 Å². The van der Waals surface area contributed by atoms with E-state index in [1.807, 2.05) is 30.3 Å². The summed E-state index contributed by atoms with van der Waals surface area (Å²) in [7, 11) is 0. The van der Waals surface area contributed by atoms with E-state index in [0.717, 1.165) is 5.56 Å². The molecule has 0 bridgehead atoms.